The average molecular weight is 2200 g/mol. The Hall–Kier alpha value is -9.23. The van der Waals surface area contributed by atoms with Gasteiger partial charge >= 0.3 is 0 Å². The number of para-hydroxylation sites is 2. The van der Waals surface area contributed by atoms with Crippen LogP contribution in [-0.4, -0.2) is 128 Å². The zero-order chi connectivity index (χ0) is 109. The molecule has 1 aliphatic carbocycles. The summed E-state index contributed by atoms with van der Waals surface area (Å²) in [6, 6.07) is 40.4. The van der Waals surface area contributed by atoms with Gasteiger partial charge in [0.2, 0.25) is 0 Å². The molecular formula is C128H182Co4N8O8. The number of phenolic OH excluding ortho intramolecular Hbond substituents is 8. The SMILES string of the molecule is CCC(C)(C)c1cc(C)cc(C=NC2CCCCC2N=Cc2cc(C(C)(C)C)cc(C(C)(C)CC)c2O)c1O.Cc1cc(C=NCC(C)(C)N=Cc2cc(C(C)(C)C)cc(C(C)(C)C)c2O)c(O)c(C(C)(C)C)c1.Cc1cc(C=NCCN=Cc2cc(C(C)(C)C)cc(C(C)(C)C)c2O)c(O)c(C(C)(C)C)c1.Cc1cc(C=Nc2ccccc2N=Cc2cc(C(C)(C)C)cc(C(C)(C)C)c2O)c(O)c(C(C)(C)C)c1.[Co].[Co].[Co].[Co]. The van der Waals surface area contributed by atoms with Crippen LogP contribution in [0.2, 0.25) is 0 Å². The van der Waals surface area contributed by atoms with Crippen LogP contribution in [0.1, 0.15) is 435 Å². The molecule has 0 amide bonds. The molecule has 818 valence electrons. The molecule has 20 heteroatoms. The number of benzene rings is 9. The van der Waals surface area contributed by atoms with Crippen molar-refractivity contribution < 1.29 is 108 Å². The molecule has 10 rings (SSSR count). The summed E-state index contributed by atoms with van der Waals surface area (Å²) in [5.74, 6) is 2.33. The van der Waals surface area contributed by atoms with E-state index in [1.165, 1.54) is 16.7 Å². The molecule has 4 radical (unpaired) electrons. The van der Waals surface area contributed by atoms with Crippen LogP contribution in [0.15, 0.2) is 161 Å². The maximum absolute atomic E-state index is 11.3. The predicted molar refractivity (Wildman–Crippen MR) is 619 cm³/mol. The number of aryl methyl sites for hydroxylation is 4. The first-order valence-electron chi connectivity index (χ1n) is 52.0. The van der Waals surface area contributed by atoms with Crippen LogP contribution in [0.4, 0.5) is 11.4 Å². The molecule has 9 aromatic rings. The van der Waals surface area contributed by atoms with Crippen LogP contribution in [0, 0.1) is 27.7 Å². The van der Waals surface area contributed by atoms with Crippen molar-refractivity contribution in [3.63, 3.8) is 0 Å². The van der Waals surface area contributed by atoms with Gasteiger partial charge in [-0.3, -0.25) is 39.9 Å². The summed E-state index contributed by atoms with van der Waals surface area (Å²) in [6.07, 6.45) is 20.2. The van der Waals surface area contributed by atoms with Gasteiger partial charge in [-0.05, 0) is 237 Å². The number of nitrogens with zero attached hydrogens (tertiary/aromatic N) is 8. The van der Waals surface area contributed by atoms with Crippen LogP contribution in [0.5, 0.6) is 46.0 Å². The van der Waals surface area contributed by atoms with Gasteiger partial charge in [0.1, 0.15) is 46.0 Å². The summed E-state index contributed by atoms with van der Waals surface area (Å²) < 4.78 is 0. The van der Waals surface area contributed by atoms with Crippen molar-refractivity contribution in [3.8, 4) is 46.0 Å². The molecule has 1 saturated carbocycles. The Labute approximate surface area is 934 Å². The van der Waals surface area contributed by atoms with E-state index < -0.39 is 5.54 Å². The molecule has 0 saturated heterocycles. The largest absolute Gasteiger partial charge is 0.507 e. The Morgan fingerprint density at radius 2 is 0.473 bits per heavy atom. The first-order valence-corrected chi connectivity index (χ1v) is 52.0. The zero-order valence-electron chi connectivity index (χ0n) is 97.7. The van der Waals surface area contributed by atoms with E-state index in [0.717, 1.165) is 144 Å². The zero-order valence-corrected chi connectivity index (χ0v) is 102. The molecule has 0 heterocycles. The van der Waals surface area contributed by atoms with E-state index in [1.54, 1.807) is 37.3 Å². The van der Waals surface area contributed by atoms with Gasteiger partial charge in [-0.1, -0.05) is 323 Å². The summed E-state index contributed by atoms with van der Waals surface area (Å²) >= 11 is 0. The van der Waals surface area contributed by atoms with E-state index in [2.05, 4.69) is 313 Å². The molecule has 9 aromatic carbocycles. The Kier molecular flexibility index (Phi) is 47.1. The fourth-order valence-corrected chi connectivity index (χ4v) is 17.1. The van der Waals surface area contributed by atoms with Crippen molar-refractivity contribution in [2.45, 2.75) is 412 Å². The predicted octanol–water partition coefficient (Wildman–Crippen LogP) is 32.2. The second-order valence-electron chi connectivity index (χ2n) is 52.4. The molecule has 0 aliphatic heterocycles. The first kappa shape index (κ1) is 133. The minimum absolute atomic E-state index is 0. The number of aliphatic imine (C=N–C) groups is 8. The minimum atomic E-state index is -0.477. The van der Waals surface area contributed by atoms with E-state index in [-0.39, 0.29) is 167 Å². The van der Waals surface area contributed by atoms with Crippen molar-refractivity contribution >= 4 is 61.1 Å². The molecule has 16 nitrogen and oxygen atoms in total. The number of phenols is 8. The van der Waals surface area contributed by atoms with E-state index in [0.29, 0.717) is 65.1 Å². The molecular weight excluding hydrogens is 2010 g/mol. The van der Waals surface area contributed by atoms with Gasteiger partial charge in [-0.15, -0.1) is 0 Å². The van der Waals surface area contributed by atoms with Gasteiger partial charge in [0.05, 0.1) is 48.6 Å². The molecule has 1 fully saturated rings. The average Bonchev–Trinajstić information content (AvgIpc) is 0.791. The van der Waals surface area contributed by atoms with Gasteiger partial charge in [-0.2, -0.15) is 0 Å². The smallest absolute Gasteiger partial charge is 0.128 e. The molecule has 2 unspecified atom stereocenters. The molecule has 8 N–H and O–H groups in total. The van der Waals surface area contributed by atoms with Crippen LogP contribution in [0.3, 0.4) is 0 Å². The Balaban J connectivity index is 0.000000503. The van der Waals surface area contributed by atoms with Crippen molar-refractivity contribution in [1.29, 1.82) is 0 Å². The monoisotopic (exact) mass is 2200 g/mol. The Morgan fingerprint density at radius 1 is 0.257 bits per heavy atom. The third kappa shape index (κ3) is 37.1. The maximum Gasteiger partial charge on any atom is 0.128 e. The molecule has 2 atom stereocenters. The van der Waals surface area contributed by atoms with E-state index in [4.69, 9.17) is 20.0 Å². The molecule has 0 bridgehead atoms. The number of hydrogen-bond donors (Lipinski definition) is 8. The normalized spacial score (nSPS) is 14.6. The molecule has 0 spiro atoms. The summed E-state index contributed by atoms with van der Waals surface area (Å²) in [5.41, 5.74) is 21.8. The van der Waals surface area contributed by atoms with Crippen LogP contribution < -0.4 is 0 Å². The third-order valence-corrected chi connectivity index (χ3v) is 27.4. The fraction of sp³-hybridized carbons (Fsp3) is 0.516. The minimum Gasteiger partial charge on any atom is -0.507 e. The quantitative estimate of drug-likeness (QED) is 0.0238. The van der Waals surface area contributed by atoms with Crippen molar-refractivity contribution in [3.05, 3.63) is 255 Å². The number of hydrogen-bond acceptors (Lipinski definition) is 16. The van der Waals surface area contributed by atoms with E-state index in [1.807, 2.05) is 132 Å². The molecule has 148 heavy (non-hydrogen) atoms. The van der Waals surface area contributed by atoms with Crippen LogP contribution >= 0.6 is 0 Å². The Bertz CT molecular complexity index is 6250. The number of rotatable bonds is 22. The second-order valence-corrected chi connectivity index (χ2v) is 52.4. The van der Waals surface area contributed by atoms with Crippen molar-refractivity contribution in [1.82, 2.24) is 0 Å². The molecule has 0 aromatic heterocycles. The standard InChI is InChI=1S/C35H52N2O2.C33H42N2O2.C31H46N2O2.C29H42N2O2.4Co/c1-11-34(7,8)27-18-23(3)17-24(31(27)38)21-36-29-15-13-14-16-30(29)37-22-25-19-26(33(4,5)6)20-28(32(25)39)35(9,10)12-2;1-21-15-22(29(36)25(16-21)32(5,6)7)19-34-27-13-11-12-14-28(27)35-20-23-17-24(31(2,3)4)18-26(30(23)37)33(8,9)10;1-20-13-21(26(34)24(14-20)29(5,6)7)17-32-19-31(11,12)33-18-22-15-23(28(2,3)4)16-25(27(22)35)30(8,9)10;1-19-13-20(25(32)23(14-19)28(5,6)7)17-30-11-12-31-18-21-15-22(27(2,3)4)16-24(26(21)33)29(8,9)10;;;;/h17-22,29-30,38-39H,11-16H2,1-10H3;11-20,36-37H,1-10H3;13-18,34-35H,19H2,1-12H3;13-18,32-33H,11-12H2,1-10H3;;;;. The first-order chi connectivity index (χ1) is 65.8. The second kappa shape index (κ2) is 52.4. The molecule has 1 aliphatic rings. The van der Waals surface area contributed by atoms with Crippen molar-refractivity contribution in [2.24, 2.45) is 39.9 Å². The van der Waals surface area contributed by atoms with E-state index in [9.17, 15) is 40.9 Å². The van der Waals surface area contributed by atoms with Crippen LogP contribution in [-0.2, 0) is 132 Å². The van der Waals surface area contributed by atoms with E-state index >= 15 is 0 Å². The van der Waals surface area contributed by atoms with Gasteiger partial charge < -0.3 is 40.9 Å². The van der Waals surface area contributed by atoms with Gasteiger partial charge in [-0.25, -0.2) is 0 Å². The number of aromatic hydroxyl groups is 8. The third-order valence-electron chi connectivity index (χ3n) is 27.4. The summed E-state index contributed by atoms with van der Waals surface area (Å²) in [6.45, 7) is 90.7. The van der Waals surface area contributed by atoms with Gasteiger partial charge in [0, 0.05) is 206 Å². The summed E-state index contributed by atoms with van der Waals surface area (Å²) in [7, 11) is 0. The van der Waals surface area contributed by atoms with Gasteiger partial charge in [0.15, 0.2) is 0 Å². The van der Waals surface area contributed by atoms with Crippen LogP contribution in [0.25, 0.3) is 0 Å². The van der Waals surface area contributed by atoms with Crippen molar-refractivity contribution in [2.75, 3.05) is 19.6 Å². The fourth-order valence-electron chi connectivity index (χ4n) is 17.1. The summed E-state index contributed by atoms with van der Waals surface area (Å²) in [4.78, 5) is 37.8. The van der Waals surface area contributed by atoms with Gasteiger partial charge in [0.25, 0.3) is 0 Å². The maximum atomic E-state index is 11.3. The Morgan fingerprint density at radius 3 is 0.750 bits per heavy atom. The topological polar surface area (TPSA) is 261 Å². The summed E-state index contributed by atoms with van der Waals surface area (Å²) in [5, 5.41) is 87.8.